The second-order valence-corrected chi connectivity index (χ2v) is 6.83. The van der Waals surface area contributed by atoms with E-state index in [2.05, 4.69) is 10.1 Å². The summed E-state index contributed by atoms with van der Waals surface area (Å²) in [7, 11) is -3.89. The molecule has 1 aromatic rings. The van der Waals surface area contributed by atoms with Gasteiger partial charge in [0.05, 0.1) is 10.6 Å². The zero-order valence-electron chi connectivity index (χ0n) is 11.6. The minimum absolute atomic E-state index is 0.124. The highest BCUT2D eigenvalue weighted by atomic mass is 32.2. The van der Waals surface area contributed by atoms with Crippen LogP contribution in [-0.4, -0.2) is 18.9 Å². The van der Waals surface area contributed by atoms with Crippen LogP contribution in [0.2, 0.25) is 0 Å². The number of benzene rings is 1. The molecule has 0 radical (unpaired) electrons. The van der Waals surface area contributed by atoms with E-state index < -0.39 is 20.5 Å². The van der Waals surface area contributed by atoms with Crippen LogP contribution in [0.3, 0.4) is 0 Å². The first-order chi connectivity index (χ1) is 9.83. The number of nitrogens with two attached hydrogens (primary N) is 1. The van der Waals surface area contributed by atoms with Crippen LogP contribution in [0, 0.1) is 10.1 Å². The van der Waals surface area contributed by atoms with Crippen molar-refractivity contribution in [2.45, 2.75) is 43.0 Å². The Labute approximate surface area is 122 Å². The molecule has 1 aromatic carbocycles. The molecule has 0 aromatic heterocycles. The maximum atomic E-state index is 12.5. The van der Waals surface area contributed by atoms with Crippen molar-refractivity contribution in [3.8, 4) is 0 Å². The normalized spacial score (nSPS) is 17.0. The van der Waals surface area contributed by atoms with Crippen LogP contribution in [0.5, 0.6) is 0 Å². The van der Waals surface area contributed by atoms with E-state index in [-0.39, 0.29) is 16.3 Å². The molecule has 0 amide bonds. The van der Waals surface area contributed by atoms with Crippen LogP contribution in [0.1, 0.15) is 32.6 Å². The summed E-state index contributed by atoms with van der Waals surface area (Å²) in [6.07, 6.45) is 3.17. The fourth-order valence-corrected chi connectivity index (χ4v) is 4.16. The molecule has 0 aliphatic heterocycles. The number of sulfonamides is 1. The van der Waals surface area contributed by atoms with E-state index in [9.17, 15) is 18.5 Å². The number of hydrogen-bond acceptors (Lipinski definition) is 6. The van der Waals surface area contributed by atoms with Gasteiger partial charge < -0.3 is 5.43 Å². The summed E-state index contributed by atoms with van der Waals surface area (Å²) in [5.74, 6) is 5.30. The monoisotopic (exact) mass is 314 g/mol. The van der Waals surface area contributed by atoms with Crippen molar-refractivity contribution in [1.29, 1.82) is 0 Å². The summed E-state index contributed by atoms with van der Waals surface area (Å²) in [6.45, 7) is 1.91. The minimum Gasteiger partial charge on any atom is -0.323 e. The van der Waals surface area contributed by atoms with Crippen molar-refractivity contribution in [2.24, 2.45) is 5.84 Å². The first kappa shape index (κ1) is 15.7. The Kier molecular flexibility index (Phi) is 4.17. The molecule has 0 saturated heterocycles. The summed E-state index contributed by atoms with van der Waals surface area (Å²) in [4.78, 5) is 9.98. The van der Waals surface area contributed by atoms with Crippen molar-refractivity contribution >= 4 is 21.4 Å². The first-order valence-corrected chi connectivity index (χ1v) is 8.11. The van der Waals surface area contributed by atoms with Crippen molar-refractivity contribution in [1.82, 2.24) is 4.72 Å². The zero-order chi connectivity index (χ0) is 15.7. The first-order valence-electron chi connectivity index (χ1n) is 6.62. The Morgan fingerprint density at radius 1 is 1.43 bits per heavy atom. The van der Waals surface area contributed by atoms with Gasteiger partial charge in [-0.2, -0.15) is 0 Å². The van der Waals surface area contributed by atoms with Crippen LogP contribution in [0.25, 0.3) is 0 Å². The second kappa shape index (κ2) is 5.58. The van der Waals surface area contributed by atoms with Gasteiger partial charge in [-0.25, -0.2) is 13.1 Å². The largest absolute Gasteiger partial charge is 0.323 e. The topological polar surface area (TPSA) is 127 Å². The van der Waals surface area contributed by atoms with Crippen LogP contribution in [0.4, 0.5) is 11.4 Å². The lowest BCUT2D eigenvalue weighted by Gasteiger charge is -2.41. The molecule has 0 unspecified atom stereocenters. The molecule has 9 heteroatoms. The molecule has 0 atom stereocenters. The summed E-state index contributed by atoms with van der Waals surface area (Å²) in [6, 6.07) is 3.50. The molecule has 0 heterocycles. The highest BCUT2D eigenvalue weighted by Gasteiger charge is 2.39. The Bertz CT molecular complexity index is 650. The maximum Gasteiger partial charge on any atom is 0.270 e. The molecule has 1 saturated carbocycles. The summed E-state index contributed by atoms with van der Waals surface area (Å²) < 4.78 is 27.7. The van der Waals surface area contributed by atoms with Crippen LogP contribution in [-0.2, 0) is 10.0 Å². The quantitative estimate of drug-likeness (QED) is 0.414. The van der Waals surface area contributed by atoms with Crippen LogP contribution >= 0.6 is 0 Å². The fraction of sp³-hybridized carbons (Fsp3) is 0.500. The number of nitrogens with zero attached hydrogens (tertiary/aromatic N) is 1. The lowest BCUT2D eigenvalue weighted by atomic mass is 9.76. The smallest absolute Gasteiger partial charge is 0.270 e. The van der Waals surface area contributed by atoms with Crippen molar-refractivity contribution < 1.29 is 13.3 Å². The standard InChI is InChI=1S/C12H18N4O4S/c1-2-12(6-3-7-12)15-21(19,20)11-8-9(16(17)18)4-5-10(11)14-13/h4-5,8,14-15H,2-3,6-7,13H2,1H3. The second-order valence-electron chi connectivity index (χ2n) is 5.17. The third-order valence-electron chi connectivity index (χ3n) is 3.96. The van der Waals surface area contributed by atoms with Gasteiger partial charge in [0, 0.05) is 17.7 Å². The molecule has 1 fully saturated rings. The molecule has 0 bridgehead atoms. The van der Waals surface area contributed by atoms with Gasteiger partial charge in [0.2, 0.25) is 10.0 Å². The van der Waals surface area contributed by atoms with Gasteiger partial charge in [-0.05, 0) is 31.7 Å². The van der Waals surface area contributed by atoms with Gasteiger partial charge in [0.1, 0.15) is 4.90 Å². The molecule has 8 nitrogen and oxygen atoms in total. The predicted octanol–water partition coefficient (Wildman–Crippen LogP) is 1.49. The van der Waals surface area contributed by atoms with E-state index in [1.807, 2.05) is 6.92 Å². The van der Waals surface area contributed by atoms with Crippen molar-refractivity contribution in [2.75, 3.05) is 5.43 Å². The molecule has 0 spiro atoms. The fourth-order valence-electron chi connectivity index (χ4n) is 2.44. The molecular weight excluding hydrogens is 296 g/mol. The number of anilines is 1. The predicted molar refractivity (Wildman–Crippen MR) is 78.1 cm³/mol. The van der Waals surface area contributed by atoms with Crippen molar-refractivity contribution in [3.63, 3.8) is 0 Å². The Morgan fingerprint density at radius 2 is 2.10 bits per heavy atom. The average Bonchev–Trinajstić information content (AvgIpc) is 2.42. The molecule has 21 heavy (non-hydrogen) atoms. The van der Waals surface area contributed by atoms with Crippen molar-refractivity contribution in [3.05, 3.63) is 28.3 Å². The molecule has 4 N–H and O–H groups in total. The Morgan fingerprint density at radius 3 is 2.52 bits per heavy atom. The lowest BCUT2D eigenvalue weighted by molar-refractivity contribution is -0.385. The average molecular weight is 314 g/mol. The van der Waals surface area contributed by atoms with Gasteiger partial charge >= 0.3 is 0 Å². The van der Waals surface area contributed by atoms with E-state index in [1.54, 1.807) is 0 Å². The van der Waals surface area contributed by atoms with E-state index >= 15 is 0 Å². The van der Waals surface area contributed by atoms with E-state index in [1.165, 1.54) is 12.1 Å². The molecule has 116 valence electrons. The minimum atomic E-state index is -3.89. The Hall–Kier alpha value is -1.71. The third kappa shape index (κ3) is 2.99. The van der Waals surface area contributed by atoms with Gasteiger partial charge in [-0.15, -0.1) is 0 Å². The number of nitrogen functional groups attached to an aromatic ring is 1. The number of nitro groups is 1. The number of non-ortho nitro benzene ring substituents is 1. The van der Waals surface area contributed by atoms with Gasteiger partial charge in [-0.1, -0.05) is 6.92 Å². The number of hydrogen-bond donors (Lipinski definition) is 3. The number of nitro benzene ring substituents is 1. The summed E-state index contributed by atoms with van der Waals surface area (Å²) in [5, 5.41) is 10.8. The van der Waals surface area contributed by atoms with Gasteiger partial charge in [-0.3, -0.25) is 16.0 Å². The summed E-state index contributed by atoms with van der Waals surface area (Å²) in [5.41, 5.74) is 1.64. The van der Waals surface area contributed by atoms with E-state index in [0.717, 1.165) is 25.3 Å². The summed E-state index contributed by atoms with van der Waals surface area (Å²) >= 11 is 0. The molecule has 1 aliphatic carbocycles. The van der Waals surface area contributed by atoms with E-state index in [4.69, 9.17) is 5.84 Å². The molecule has 2 rings (SSSR count). The lowest BCUT2D eigenvalue weighted by Crippen LogP contribution is -2.52. The number of nitrogens with one attached hydrogen (secondary N) is 2. The zero-order valence-corrected chi connectivity index (χ0v) is 12.4. The number of hydrazine groups is 1. The van der Waals surface area contributed by atoms with Crippen LogP contribution in [0.15, 0.2) is 23.1 Å². The van der Waals surface area contributed by atoms with E-state index in [0.29, 0.717) is 6.42 Å². The SMILES string of the molecule is CCC1(NS(=O)(=O)c2cc([N+](=O)[O-])ccc2NN)CCC1. The van der Waals surface area contributed by atoms with Crippen LogP contribution < -0.4 is 16.0 Å². The highest BCUT2D eigenvalue weighted by Crippen LogP contribution is 2.37. The third-order valence-corrected chi connectivity index (χ3v) is 5.58. The van der Waals surface area contributed by atoms with Gasteiger partial charge in [0.25, 0.3) is 5.69 Å². The molecule has 1 aliphatic rings. The molecular formula is C12H18N4O4S. The number of rotatable bonds is 6. The maximum absolute atomic E-state index is 12.5. The Balaban J connectivity index is 2.43. The highest BCUT2D eigenvalue weighted by molar-refractivity contribution is 7.89. The van der Waals surface area contributed by atoms with Gasteiger partial charge in [0.15, 0.2) is 0 Å².